The molecule has 1 atom stereocenters. The zero-order valence-electron chi connectivity index (χ0n) is 10.3. The van der Waals surface area contributed by atoms with Crippen LogP contribution in [-0.2, 0) is 16.3 Å². The first-order valence-corrected chi connectivity index (χ1v) is 7.93. The molecule has 96 valence electrons. The Labute approximate surface area is 107 Å². The Morgan fingerprint density at radius 3 is 2.94 bits per heavy atom. The number of aromatic nitrogens is 2. The lowest BCUT2D eigenvalue weighted by atomic mass is 10.2. The van der Waals surface area contributed by atoms with Gasteiger partial charge in [-0.3, -0.25) is 0 Å². The highest BCUT2D eigenvalue weighted by atomic mass is 32.2. The topological polar surface area (TPSA) is 51.4 Å². The Morgan fingerprint density at radius 2 is 2.28 bits per heavy atom. The molecule has 5 heteroatoms. The Hall–Kier alpha value is -1.36. The van der Waals surface area contributed by atoms with E-state index in [-0.39, 0.29) is 5.25 Å². The molecule has 3 heterocycles. The SMILES string of the molecule is Cc1cccc2nc(CC3CCCS3(=O)=O)cn12. The van der Waals surface area contributed by atoms with Crippen LogP contribution >= 0.6 is 0 Å². The van der Waals surface area contributed by atoms with Gasteiger partial charge in [0, 0.05) is 18.3 Å². The molecule has 1 unspecified atom stereocenters. The first-order chi connectivity index (χ1) is 8.56. The van der Waals surface area contributed by atoms with Gasteiger partial charge in [-0.25, -0.2) is 13.4 Å². The van der Waals surface area contributed by atoms with Crippen LogP contribution in [0.15, 0.2) is 24.4 Å². The standard InChI is InChI=1S/C13H16N2O2S/c1-10-4-2-6-13-14-11(9-15(10)13)8-12-5-3-7-18(12,16)17/h2,4,6,9,12H,3,5,7-8H2,1H3. The molecule has 0 aliphatic carbocycles. The van der Waals surface area contributed by atoms with Crippen molar-refractivity contribution in [2.24, 2.45) is 0 Å². The van der Waals surface area contributed by atoms with E-state index in [1.54, 1.807) is 0 Å². The lowest BCUT2D eigenvalue weighted by Gasteiger charge is -2.05. The molecule has 1 fully saturated rings. The second kappa shape index (κ2) is 4.09. The Morgan fingerprint density at radius 1 is 1.44 bits per heavy atom. The number of imidazole rings is 1. The normalized spacial score (nSPS) is 22.6. The monoisotopic (exact) mass is 264 g/mol. The van der Waals surface area contributed by atoms with Crippen molar-refractivity contribution < 1.29 is 8.42 Å². The van der Waals surface area contributed by atoms with Crippen molar-refractivity contribution in [2.45, 2.75) is 31.4 Å². The van der Waals surface area contributed by atoms with E-state index < -0.39 is 9.84 Å². The fraction of sp³-hybridized carbons (Fsp3) is 0.462. The molecule has 1 aliphatic heterocycles. The van der Waals surface area contributed by atoms with E-state index in [9.17, 15) is 8.42 Å². The van der Waals surface area contributed by atoms with Crippen molar-refractivity contribution in [2.75, 3.05) is 5.75 Å². The minimum absolute atomic E-state index is 0.234. The highest BCUT2D eigenvalue weighted by Crippen LogP contribution is 2.23. The number of rotatable bonds is 2. The van der Waals surface area contributed by atoms with Gasteiger partial charge < -0.3 is 4.40 Å². The number of aryl methyl sites for hydroxylation is 1. The van der Waals surface area contributed by atoms with Gasteiger partial charge in [0.25, 0.3) is 0 Å². The van der Waals surface area contributed by atoms with Gasteiger partial charge in [0.2, 0.25) is 0 Å². The van der Waals surface area contributed by atoms with Crippen molar-refractivity contribution in [3.63, 3.8) is 0 Å². The second-order valence-electron chi connectivity index (χ2n) is 4.96. The van der Waals surface area contributed by atoms with Crippen molar-refractivity contribution in [1.82, 2.24) is 9.38 Å². The maximum absolute atomic E-state index is 11.8. The van der Waals surface area contributed by atoms with Crippen LogP contribution in [0, 0.1) is 6.92 Å². The first kappa shape index (κ1) is 11.7. The molecule has 4 nitrogen and oxygen atoms in total. The predicted molar refractivity (Wildman–Crippen MR) is 70.4 cm³/mol. The second-order valence-corrected chi connectivity index (χ2v) is 7.36. The first-order valence-electron chi connectivity index (χ1n) is 6.21. The molecule has 2 aromatic rings. The minimum Gasteiger partial charge on any atom is -0.304 e. The predicted octanol–water partition coefficient (Wildman–Crippen LogP) is 1.76. The quantitative estimate of drug-likeness (QED) is 0.830. The maximum atomic E-state index is 11.8. The fourth-order valence-electron chi connectivity index (χ4n) is 2.62. The highest BCUT2D eigenvalue weighted by molar-refractivity contribution is 7.92. The molecule has 0 aromatic carbocycles. The minimum atomic E-state index is -2.88. The largest absolute Gasteiger partial charge is 0.304 e. The Kier molecular flexibility index (Phi) is 2.66. The average Bonchev–Trinajstić information content (AvgIpc) is 2.84. The van der Waals surface area contributed by atoms with Gasteiger partial charge in [-0.05, 0) is 31.9 Å². The third-order valence-electron chi connectivity index (χ3n) is 3.65. The van der Waals surface area contributed by atoms with E-state index in [1.165, 1.54) is 0 Å². The van der Waals surface area contributed by atoms with Crippen LogP contribution in [0.5, 0.6) is 0 Å². The summed E-state index contributed by atoms with van der Waals surface area (Å²) in [7, 11) is -2.88. The number of pyridine rings is 1. The molecule has 2 aromatic heterocycles. The Balaban J connectivity index is 1.94. The molecule has 0 saturated carbocycles. The molecule has 0 amide bonds. The summed E-state index contributed by atoms with van der Waals surface area (Å²) < 4.78 is 25.6. The summed E-state index contributed by atoms with van der Waals surface area (Å²) >= 11 is 0. The van der Waals surface area contributed by atoms with Crippen LogP contribution in [0.1, 0.15) is 24.2 Å². The highest BCUT2D eigenvalue weighted by Gasteiger charge is 2.31. The molecule has 0 radical (unpaired) electrons. The van der Waals surface area contributed by atoms with Gasteiger partial charge in [-0.15, -0.1) is 0 Å². The third kappa shape index (κ3) is 1.92. The van der Waals surface area contributed by atoms with E-state index in [0.717, 1.165) is 29.9 Å². The van der Waals surface area contributed by atoms with E-state index in [4.69, 9.17) is 0 Å². The maximum Gasteiger partial charge on any atom is 0.153 e. The third-order valence-corrected chi connectivity index (χ3v) is 5.92. The molecule has 1 saturated heterocycles. The molecular weight excluding hydrogens is 248 g/mol. The fourth-order valence-corrected chi connectivity index (χ4v) is 4.47. The summed E-state index contributed by atoms with van der Waals surface area (Å²) in [5, 5.41) is -0.234. The van der Waals surface area contributed by atoms with E-state index in [2.05, 4.69) is 4.98 Å². The molecule has 0 spiro atoms. The summed E-state index contributed by atoms with van der Waals surface area (Å²) in [5.74, 6) is 0.337. The van der Waals surface area contributed by atoms with E-state index in [0.29, 0.717) is 12.2 Å². The number of hydrogen-bond donors (Lipinski definition) is 0. The summed E-state index contributed by atoms with van der Waals surface area (Å²) in [4.78, 5) is 4.50. The smallest absolute Gasteiger partial charge is 0.153 e. The van der Waals surface area contributed by atoms with Crippen molar-refractivity contribution in [1.29, 1.82) is 0 Å². The number of sulfone groups is 1. The number of fused-ring (bicyclic) bond motifs is 1. The van der Waals surface area contributed by atoms with Crippen molar-refractivity contribution in [3.05, 3.63) is 35.8 Å². The van der Waals surface area contributed by atoms with Crippen LogP contribution in [0.3, 0.4) is 0 Å². The van der Waals surface area contributed by atoms with Crippen LogP contribution in [0.4, 0.5) is 0 Å². The van der Waals surface area contributed by atoms with Crippen LogP contribution in [-0.4, -0.2) is 28.8 Å². The molecular formula is C13H16N2O2S. The summed E-state index contributed by atoms with van der Waals surface area (Å²) in [6.07, 6.45) is 4.07. The molecule has 3 rings (SSSR count). The van der Waals surface area contributed by atoms with Crippen molar-refractivity contribution in [3.8, 4) is 0 Å². The average molecular weight is 264 g/mol. The molecule has 18 heavy (non-hydrogen) atoms. The van der Waals surface area contributed by atoms with Gasteiger partial charge in [0.15, 0.2) is 9.84 Å². The summed E-state index contributed by atoms with van der Waals surface area (Å²) in [5.41, 5.74) is 2.88. The molecule has 0 bridgehead atoms. The number of nitrogens with zero attached hydrogens (tertiary/aromatic N) is 2. The van der Waals surface area contributed by atoms with Gasteiger partial charge in [-0.2, -0.15) is 0 Å². The summed E-state index contributed by atoms with van der Waals surface area (Å²) in [6, 6.07) is 5.93. The molecule has 0 N–H and O–H groups in total. The summed E-state index contributed by atoms with van der Waals surface area (Å²) in [6.45, 7) is 2.02. The van der Waals surface area contributed by atoms with E-state index >= 15 is 0 Å². The van der Waals surface area contributed by atoms with Gasteiger partial charge in [-0.1, -0.05) is 6.07 Å². The van der Waals surface area contributed by atoms with Crippen LogP contribution < -0.4 is 0 Å². The zero-order valence-corrected chi connectivity index (χ0v) is 11.2. The number of hydrogen-bond acceptors (Lipinski definition) is 3. The molecule has 1 aliphatic rings. The van der Waals surface area contributed by atoms with Crippen LogP contribution in [0.25, 0.3) is 5.65 Å². The zero-order chi connectivity index (χ0) is 12.8. The van der Waals surface area contributed by atoms with Gasteiger partial charge in [0.05, 0.1) is 16.7 Å². The van der Waals surface area contributed by atoms with E-state index in [1.807, 2.05) is 35.7 Å². The van der Waals surface area contributed by atoms with Gasteiger partial charge in [0.1, 0.15) is 5.65 Å². The lowest BCUT2D eigenvalue weighted by molar-refractivity contribution is 0.587. The van der Waals surface area contributed by atoms with Crippen molar-refractivity contribution >= 4 is 15.5 Å². The van der Waals surface area contributed by atoms with Gasteiger partial charge >= 0.3 is 0 Å². The Bertz CT molecular complexity index is 688. The lowest BCUT2D eigenvalue weighted by Crippen LogP contribution is -2.18. The van der Waals surface area contributed by atoms with Crippen LogP contribution in [0.2, 0.25) is 0 Å².